The lowest BCUT2D eigenvalue weighted by Crippen LogP contribution is -2.34. The van der Waals surface area contributed by atoms with Gasteiger partial charge in [-0.05, 0) is 58.2 Å². The monoisotopic (exact) mass is 391 g/mol. The molecule has 2 aromatic heterocycles. The van der Waals surface area contributed by atoms with Gasteiger partial charge >= 0.3 is 5.97 Å². The minimum atomic E-state index is -0.337. The molecule has 3 rings (SSSR count). The number of fused-ring (bicyclic) bond motifs is 1. The Kier molecular flexibility index (Phi) is 6.32. The van der Waals surface area contributed by atoms with Crippen molar-refractivity contribution in [2.24, 2.45) is 0 Å². The van der Waals surface area contributed by atoms with Crippen molar-refractivity contribution in [1.29, 1.82) is 0 Å². The Balaban J connectivity index is 1.98. The van der Waals surface area contributed by atoms with Gasteiger partial charge in [-0.25, -0.2) is 4.98 Å². The highest BCUT2D eigenvalue weighted by Crippen LogP contribution is 2.27. The van der Waals surface area contributed by atoms with Crippen molar-refractivity contribution < 1.29 is 9.53 Å². The van der Waals surface area contributed by atoms with Crippen molar-refractivity contribution >= 4 is 27.5 Å². The number of rotatable bonds is 7. The zero-order valence-electron chi connectivity index (χ0n) is 16.7. The Labute approximate surface area is 164 Å². The van der Waals surface area contributed by atoms with Crippen LogP contribution >= 0.6 is 11.3 Å². The van der Waals surface area contributed by atoms with Crippen LogP contribution in [-0.4, -0.2) is 39.6 Å². The van der Waals surface area contributed by atoms with Gasteiger partial charge in [-0.2, -0.15) is 0 Å². The molecule has 1 fully saturated rings. The predicted molar refractivity (Wildman–Crippen MR) is 108 cm³/mol. The van der Waals surface area contributed by atoms with Crippen LogP contribution in [0, 0.1) is 13.8 Å². The molecule has 0 amide bonds. The van der Waals surface area contributed by atoms with E-state index in [1.165, 1.54) is 4.57 Å². The van der Waals surface area contributed by atoms with Crippen molar-refractivity contribution in [2.45, 2.75) is 72.6 Å². The molecule has 148 valence electrons. The fourth-order valence-electron chi connectivity index (χ4n) is 3.66. The first-order valence-corrected chi connectivity index (χ1v) is 10.7. The summed E-state index contributed by atoms with van der Waals surface area (Å²) in [7, 11) is 0. The molecule has 0 saturated heterocycles. The second kappa shape index (κ2) is 8.52. The molecule has 0 aliphatic heterocycles. The summed E-state index contributed by atoms with van der Waals surface area (Å²) in [4.78, 5) is 34.5. The fraction of sp³-hybridized carbons (Fsp3) is 0.650. The highest BCUT2D eigenvalue weighted by molar-refractivity contribution is 7.18. The summed E-state index contributed by atoms with van der Waals surface area (Å²) in [5, 5.41) is 0.634. The van der Waals surface area contributed by atoms with Gasteiger partial charge in [-0.1, -0.05) is 13.8 Å². The van der Waals surface area contributed by atoms with Gasteiger partial charge in [0.15, 0.2) is 0 Å². The number of esters is 1. The highest BCUT2D eigenvalue weighted by Gasteiger charge is 2.23. The maximum Gasteiger partial charge on any atom is 0.326 e. The number of ether oxygens (including phenoxy) is 1. The first-order chi connectivity index (χ1) is 12.9. The molecule has 1 aliphatic carbocycles. The van der Waals surface area contributed by atoms with E-state index in [9.17, 15) is 9.59 Å². The average molecular weight is 392 g/mol. The lowest BCUT2D eigenvalue weighted by atomic mass is 10.2. The summed E-state index contributed by atoms with van der Waals surface area (Å²) < 4.78 is 7.12. The standard InChI is InChI=1S/C20H29N3O3S/c1-5-22(6-2)11-16-21-19-18(13(3)14(4)27-19)20(25)23(16)12-17(24)26-15-9-7-8-10-15/h15H,5-12H2,1-4H3. The van der Waals surface area contributed by atoms with E-state index in [1.54, 1.807) is 11.3 Å². The summed E-state index contributed by atoms with van der Waals surface area (Å²) >= 11 is 1.54. The first-order valence-electron chi connectivity index (χ1n) is 9.85. The van der Waals surface area contributed by atoms with Gasteiger partial charge < -0.3 is 4.74 Å². The SMILES string of the molecule is CCN(CC)Cc1nc2sc(C)c(C)c2c(=O)n1CC(=O)OC1CCCC1. The van der Waals surface area contributed by atoms with E-state index in [2.05, 4.69) is 18.7 Å². The van der Waals surface area contributed by atoms with Crippen molar-refractivity contribution in [1.82, 2.24) is 14.5 Å². The van der Waals surface area contributed by atoms with Crippen molar-refractivity contribution in [3.05, 3.63) is 26.6 Å². The summed E-state index contributed by atoms with van der Waals surface area (Å²) in [5.74, 6) is 0.302. The van der Waals surface area contributed by atoms with Gasteiger partial charge in [0.05, 0.1) is 11.9 Å². The van der Waals surface area contributed by atoms with Gasteiger partial charge in [-0.3, -0.25) is 19.1 Å². The number of thiophene rings is 1. The van der Waals surface area contributed by atoms with Crippen LogP contribution in [0.25, 0.3) is 10.2 Å². The minimum absolute atomic E-state index is 0.00116. The molecule has 0 radical (unpaired) electrons. The van der Waals surface area contributed by atoms with E-state index >= 15 is 0 Å². The van der Waals surface area contributed by atoms with Gasteiger partial charge in [0.1, 0.15) is 23.3 Å². The van der Waals surface area contributed by atoms with Crippen molar-refractivity contribution in [2.75, 3.05) is 13.1 Å². The maximum absolute atomic E-state index is 13.2. The topological polar surface area (TPSA) is 64.4 Å². The molecule has 0 atom stereocenters. The van der Waals surface area contributed by atoms with Crippen molar-refractivity contribution in [3.8, 4) is 0 Å². The molecule has 0 unspecified atom stereocenters. The molecule has 6 nitrogen and oxygen atoms in total. The Morgan fingerprint density at radius 2 is 1.93 bits per heavy atom. The van der Waals surface area contributed by atoms with Gasteiger partial charge in [0.2, 0.25) is 0 Å². The molecular formula is C20H29N3O3S. The van der Waals surface area contributed by atoms with Crippen LogP contribution in [0.4, 0.5) is 0 Å². The zero-order valence-corrected chi connectivity index (χ0v) is 17.5. The first kappa shape index (κ1) is 20.0. The summed E-state index contributed by atoms with van der Waals surface area (Å²) in [6.45, 7) is 10.3. The zero-order chi connectivity index (χ0) is 19.6. The van der Waals surface area contributed by atoms with E-state index in [4.69, 9.17) is 9.72 Å². The smallest absolute Gasteiger partial charge is 0.326 e. The maximum atomic E-state index is 13.2. The van der Waals surface area contributed by atoms with Crippen LogP contribution in [0.3, 0.4) is 0 Å². The fourth-order valence-corrected chi connectivity index (χ4v) is 4.70. The highest BCUT2D eigenvalue weighted by atomic mass is 32.1. The normalized spacial score (nSPS) is 15.1. The number of carbonyl (C=O) groups excluding carboxylic acids is 1. The molecule has 0 N–H and O–H groups in total. The largest absolute Gasteiger partial charge is 0.461 e. The van der Waals surface area contributed by atoms with E-state index in [0.717, 1.165) is 54.0 Å². The number of nitrogens with zero attached hydrogens (tertiary/aromatic N) is 3. The Bertz CT molecular complexity index is 877. The van der Waals surface area contributed by atoms with Crippen LogP contribution in [0.2, 0.25) is 0 Å². The van der Waals surface area contributed by atoms with Crippen LogP contribution in [0.15, 0.2) is 4.79 Å². The van der Waals surface area contributed by atoms with E-state index in [0.29, 0.717) is 17.8 Å². The quantitative estimate of drug-likeness (QED) is 0.677. The predicted octanol–water partition coefficient (Wildman–Crippen LogP) is 3.40. The number of carbonyl (C=O) groups is 1. The third kappa shape index (κ3) is 4.24. The summed E-state index contributed by atoms with van der Waals surface area (Å²) in [6, 6.07) is 0. The summed E-state index contributed by atoms with van der Waals surface area (Å²) in [6.07, 6.45) is 4.05. The molecule has 0 aromatic carbocycles. The molecule has 1 aliphatic rings. The van der Waals surface area contributed by atoms with Crippen LogP contribution < -0.4 is 5.56 Å². The second-order valence-electron chi connectivity index (χ2n) is 7.24. The van der Waals surface area contributed by atoms with E-state index in [-0.39, 0.29) is 24.2 Å². The molecule has 2 heterocycles. The lowest BCUT2D eigenvalue weighted by Gasteiger charge is -2.20. The molecule has 2 aromatic rings. The third-order valence-corrected chi connectivity index (χ3v) is 6.62. The van der Waals surface area contributed by atoms with Crippen LogP contribution in [-0.2, 0) is 22.6 Å². The second-order valence-corrected chi connectivity index (χ2v) is 8.44. The Morgan fingerprint density at radius 3 is 2.56 bits per heavy atom. The van der Waals surface area contributed by atoms with Gasteiger partial charge in [0, 0.05) is 4.88 Å². The molecule has 27 heavy (non-hydrogen) atoms. The molecule has 7 heteroatoms. The molecule has 0 spiro atoms. The van der Waals surface area contributed by atoms with Crippen molar-refractivity contribution in [3.63, 3.8) is 0 Å². The Hall–Kier alpha value is -1.73. The average Bonchev–Trinajstić information content (AvgIpc) is 3.24. The number of aromatic nitrogens is 2. The number of aryl methyl sites for hydroxylation is 2. The Morgan fingerprint density at radius 1 is 1.26 bits per heavy atom. The minimum Gasteiger partial charge on any atom is -0.461 e. The summed E-state index contributed by atoms with van der Waals surface area (Å²) in [5.41, 5.74) is 0.826. The van der Waals surface area contributed by atoms with Crippen LogP contribution in [0.5, 0.6) is 0 Å². The lowest BCUT2D eigenvalue weighted by molar-refractivity contribution is -0.149. The van der Waals surface area contributed by atoms with Gasteiger partial charge in [0.25, 0.3) is 5.56 Å². The van der Waals surface area contributed by atoms with Gasteiger partial charge in [-0.15, -0.1) is 11.3 Å². The molecule has 0 bridgehead atoms. The number of hydrogen-bond acceptors (Lipinski definition) is 6. The number of hydrogen-bond donors (Lipinski definition) is 0. The molecule has 1 saturated carbocycles. The van der Waals surface area contributed by atoms with Crippen LogP contribution in [0.1, 0.15) is 55.8 Å². The third-order valence-electron chi connectivity index (χ3n) is 5.51. The molecular weight excluding hydrogens is 362 g/mol. The van der Waals surface area contributed by atoms with E-state index < -0.39 is 0 Å². The van der Waals surface area contributed by atoms with E-state index in [1.807, 2.05) is 13.8 Å².